The SMILES string of the molecule is CNC(c1cncc(Br)c1)C1CC(C)CC(C)C1. The van der Waals surface area contributed by atoms with Gasteiger partial charge in [-0.2, -0.15) is 0 Å². The highest BCUT2D eigenvalue weighted by molar-refractivity contribution is 9.10. The summed E-state index contributed by atoms with van der Waals surface area (Å²) in [6.45, 7) is 4.77. The third kappa shape index (κ3) is 3.33. The first-order chi connectivity index (χ1) is 8.60. The molecular formula is C15H23BrN2. The van der Waals surface area contributed by atoms with Crippen molar-refractivity contribution in [2.45, 2.75) is 39.2 Å². The average Bonchev–Trinajstić information content (AvgIpc) is 2.28. The van der Waals surface area contributed by atoms with Crippen LogP contribution in [0.3, 0.4) is 0 Å². The highest BCUT2D eigenvalue weighted by Gasteiger charge is 2.30. The van der Waals surface area contributed by atoms with Crippen LogP contribution >= 0.6 is 15.9 Å². The summed E-state index contributed by atoms with van der Waals surface area (Å²) in [6, 6.07) is 2.62. The summed E-state index contributed by atoms with van der Waals surface area (Å²) >= 11 is 3.52. The topological polar surface area (TPSA) is 24.9 Å². The van der Waals surface area contributed by atoms with E-state index in [-0.39, 0.29) is 0 Å². The molecule has 1 aromatic rings. The Morgan fingerprint density at radius 3 is 2.44 bits per heavy atom. The van der Waals surface area contributed by atoms with E-state index in [1.807, 2.05) is 12.4 Å². The van der Waals surface area contributed by atoms with Gasteiger partial charge in [-0.15, -0.1) is 0 Å². The smallest absolute Gasteiger partial charge is 0.0410 e. The normalized spacial score (nSPS) is 30.1. The Kier molecular flexibility index (Phi) is 4.79. The Morgan fingerprint density at radius 1 is 1.22 bits per heavy atom. The minimum absolute atomic E-state index is 0.431. The van der Waals surface area contributed by atoms with Crippen molar-refractivity contribution >= 4 is 15.9 Å². The molecule has 0 aliphatic heterocycles. The van der Waals surface area contributed by atoms with E-state index in [1.54, 1.807) is 0 Å². The Morgan fingerprint density at radius 2 is 1.89 bits per heavy atom. The van der Waals surface area contributed by atoms with Gasteiger partial charge in [-0.1, -0.05) is 13.8 Å². The fourth-order valence-corrected chi connectivity index (χ4v) is 3.94. The zero-order valence-corrected chi connectivity index (χ0v) is 13.1. The molecule has 0 amide bonds. The van der Waals surface area contributed by atoms with E-state index in [2.05, 4.69) is 53.2 Å². The summed E-state index contributed by atoms with van der Waals surface area (Å²) in [5.74, 6) is 2.41. The zero-order chi connectivity index (χ0) is 13.1. The van der Waals surface area contributed by atoms with Crippen LogP contribution in [0.4, 0.5) is 0 Å². The molecule has 100 valence electrons. The second-order valence-electron chi connectivity index (χ2n) is 5.88. The van der Waals surface area contributed by atoms with Gasteiger partial charge in [-0.3, -0.25) is 4.98 Å². The van der Waals surface area contributed by atoms with Crippen LogP contribution in [0.2, 0.25) is 0 Å². The molecule has 0 radical (unpaired) electrons. The first kappa shape index (κ1) is 14.0. The second kappa shape index (κ2) is 6.16. The molecule has 1 N–H and O–H groups in total. The van der Waals surface area contributed by atoms with Crippen LogP contribution < -0.4 is 5.32 Å². The summed E-state index contributed by atoms with van der Waals surface area (Å²) in [7, 11) is 2.06. The minimum atomic E-state index is 0.431. The number of hydrogen-bond donors (Lipinski definition) is 1. The summed E-state index contributed by atoms with van der Waals surface area (Å²) in [5.41, 5.74) is 1.30. The van der Waals surface area contributed by atoms with Crippen molar-refractivity contribution in [2.75, 3.05) is 7.05 Å². The van der Waals surface area contributed by atoms with Gasteiger partial charge >= 0.3 is 0 Å². The Labute approximate surface area is 119 Å². The van der Waals surface area contributed by atoms with Gasteiger partial charge < -0.3 is 5.32 Å². The molecular weight excluding hydrogens is 288 g/mol. The molecule has 18 heavy (non-hydrogen) atoms. The number of pyridine rings is 1. The molecule has 1 fully saturated rings. The molecule has 1 aromatic heterocycles. The van der Waals surface area contributed by atoms with Crippen LogP contribution in [0.15, 0.2) is 22.9 Å². The molecule has 0 saturated heterocycles. The Balaban J connectivity index is 2.17. The zero-order valence-electron chi connectivity index (χ0n) is 11.5. The maximum Gasteiger partial charge on any atom is 0.0410 e. The van der Waals surface area contributed by atoms with E-state index in [1.165, 1.54) is 24.8 Å². The third-order valence-corrected chi connectivity index (χ3v) is 4.52. The molecule has 0 aromatic carbocycles. The largest absolute Gasteiger partial charge is 0.313 e. The first-order valence-corrected chi connectivity index (χ1v) is 7.67. The van der Waals surface area contributed by atoms with Crippen molar-refractivity contribution in [3.63, 3.8) is 0 Å². The monoisotopic (exact) mass is 310 g/mol. The minimum Gasteiger partial charge on any atom is -0.313 e. The number of halogens is 1. The number of hydrogen-bond acceptors (Lipinski definition) is 2. The molecule has 3 heteroatoms. The third-order valence-electron chi connectivity index (χ3n) is 4.08. The fourth-order valence-electron chi connectivity index (χ4n) is 3.55. The lowest BCUT2D eigenvalue weighted by Gasteiger charge is -2.36. The van der Waals surface area contributed by atoms with Gasteiger partial charge in [0, 0.05) is 22.9 Å². The van der Waals surface area contributed by atoms with E-state index in [4.69, 9.17) is 0 Å². The lowest BCUT2D eigenvalue weighted by Crippen LogP contribution is -2.31. The summed E-state index contributed by atoms with van der Waals surface area (Å²) in [5, 5.41) is 3.50. The van der Waals surface area contributed by atoms with Crippen LogP contribution in [0.25, 0.3) is 0 Å². The molecule has 3 atom stereocenters. The molecule has 1 heterocycles. The van der Waals surface area contributed by atoms with E-state index >= 15 is 0 Å². The molecule has 2 nitrogen and oxygen atoms in total. The molecule has 1 aliphatic rings. The van der Waals surface area contributed by atoms with Gasteiger partial charge in [0.1, 0.15) is 0 Å². The van der Waals surface area contributed by atoms with Crippen LogP contribution in [0.5, 0.6) is 0 Å². The first-order valence-electron chi connectivity index (χ1n) is 6.87. The quantitative estimate of drug-likeness (QED) is 0.906. The van der Waals surface area contributed by atoms with Gasteiger partial charge in [0.05, 0.1) is 0 Å². The molecule has 0 bridgehead atoms. The van der Waals surface area contributed by atoms with Crippen molar-refractivity contribution in [3.05, 3.63) is 28.5 Å². The Hall–Kier alpha value is -0.410. The van der Waals surface area contributed by atoms with Gasteiger partial charge in [-0.05, 0) is 71.6 Å². The molecule has 1 aliphatic carbocycles. The van der Waals surface area contributed by atoms with Crippen molar-refractivity contribution < 1.29 is 0 Å². The summed E-state index contributed by atoms with van der Waals surface area (Å²) in [4.78, 5) is 4.30. The second-order valence-corrected chi connectivity index (χ2v) is 6.80. The van der Waals surface area contributed by atoms with E-state index in [9.17, 15) is 0 Å². The van der Waals surface area contributed by atoms with E-state index in [0.717, 1.165) is 22.2 Å². The average molecular weight is 311 g/mol. The number of nitrogens with zero attached hydrogens (tertiary/aromatic N) is 1. The van der Waals surface area contributed by atoms with E-state index in [0.29, 0.717) is 6.04 Å². The van der Waals surface area contributed by atoms with Crippen molar-refractivity contribution in [2.24, 2.45) is 17.8 Å². The molecule has 3 unspecified atom stereocenters. The number of nitrogens with one attached hydrogen (secondary N) is 1. The van der Waals surface area contributed by atoms with Crippen molar-refractivity contribution in [3.8, 4) is 0 Å². The highest BCUT2D eigenvalue weighted by Crippen LogP contribution is 2.39. The van der Waals surface area contributed by atoms with Crippen LogP contribution in [0.1, 0.15) is 44.7 Å². The summed E-state index contributed by atoms with van der Waals surface area (Å²) in [6.07, 6.45) is 7.87. The summed E-state index contributed by atoms with van der Waals surface area (Å²) < 4.78 is 1.07. The fraction of sp³-hybridized carbons (Fsp3) is 0.667. The van der Waals surface area contributed by atoms with E-state index < -0.39 is 0 Å². The predicted molar refractivity (Wildman–Crippen MR) is 79.4 cm³/mol. The maximum atomic E-state index is 4.30. The lowest BCUT2D eigenvalue weighted by atomic mass is 9.72. The van der Waals surface area contributed by atoms with Gasteiger partial charge in [0.2, 0.25) is 0 Å². The maximum absolute atomic E-state index is 4.30. The lowest BCUT2D eigenvalue weighted by molar-refractivity contribution is 0.180. The van der Waals surface area contributed by atoms with Gasteiger partial charge in [0.25, 0.3) is 0 Å². The van der Waals surface area contributed by atoms with Crippen LogP contribution in [-0.4, -0.2) is 12.0 Å². The van der Waals surface area contributed by atoms with Crippen molar-refractivity contribution in [1.29, 1.82) is 0 Å². The standard InChI is InChI=1S/C15H23BrN2/c1-10-4-11(2)6-12(5-10)15(17-3)13-7-14(16)9-18-8-13/h7-12,15,17H,4-6H2,1-3H3. The molecule has 1 saturated carbocycles. The van der Waals surface area contributed by atoms with Crippen LogP contribution in [-0.2, 0) is 0 Å². The van der Waals surface area contributed by atoms with Gasteiger partial charge in [0.15, 0.2) is 0 Å². The van der Waals surface area contributed by atoms with Crippen molar-refractivity contribution in [1.82, 2.24) is 10.3 Å². The van der Waals surface area contributed by atoms with Crippen LogP contribution in [0, 0.1) is 17.8 Å². The number of rotatable bonds is 3. The highest BCUT2D eigenvalue weighted by atomic mass is 79.9. The predicted octanol–water partition coefficient (Wildman–Crippen LogP) is 4.18. The molecule has 0 spiro atoms. The van der Waals surface area contributed by atoms with Gasteiger partial charge in [-0.25, -0.2) is 0 Å². The molecule has 2 rings (SSSR count). The Bertz CT molecular complexity index is 384. The number of aromatic nitrogens is 1.